The second kappa shape index (κ2) is 8.23. The van der Waals surface area contributed by atoms with Gasteiger partial charge in [0.05, 0.1) is 12.1 Å². The minimum atomic E-state index is -0.675. The summed E-state index contributed by atoms with van der Waals surface area (Å²) in [5, 5.41) is 2.72. The van der Waals surface area contributed by atoms with Gasteiger partial charge < -0.3 is 14.8 Å². The second-order valence-corrected chi connectivity index (χ2v) is 7.37. The Labute approximate surface area is 185 Å². The number of fused-ring (bicyclic) bond motifs is 2. The molecule has 2 aromatic carbocycles. The van der Waals surface area contributed by atoms with Gasteiger partial charge in [0.1, 0.15) is 12.4 Å². The van der Waals surface area contributed by atoms with E-state index in [1.165, 1.54) is 35.0 Å². The Hall–Kier alpha value is -4.47. The van der Waals surface area contributed by atoms with E-state index in [9.17, 15) is 18.8 Å². The van der Waals surface area contributed by atoms with Gasteiger partial charge in [-0.2, -0.15) is 0 Å². The highest BCUT2D eigenvalue weighted by atomic mass is 19.1. The first-order valence-corrected chi connectivity index (χ1v) is 10.0. The Bertz CT molecular complexity index is 1490. The zero-order valence-electron chi connectivity index (χ0n) is 17.2. The monoisotopic (exact) mass is 448 g/mol. The highest BCUT2D eigenvalue weighted by Crippen LogP contribution is 2.34. The number of nitrogens with one attached hydrogen (secondary N) is 1. The predicted octanol–water partition coefficient (Wildman–Crippen LogP) is 2.11. The molecule has 33 heavy (non-hydrogen) atoms. The van der Waals surface area contributed by atoms with Gasteiger partial charge in [-0.15, -0.1) is 0 Å². The molecular weight excluding hydrogens is 431 g/mol. The molecule has 0 saturated carbocycles. The quantitative estimate of drug-likeness (QED) is 0.502. The van der Waals surface area contributed by atoms with E-state index in [2.05, 4.69) is 10.3 Å². The van der Waals surface area contributed by atoms with Gasteiger partial charge in [0.25, 0.3) is 5.56 Å². The number of ether oxygens (including phenoxy) is 2. The van der Waals surface area contributed by atoms with Crippen LogP contribution in [0.3, 0.4) is 0 Å². The van der Waals surface area contributed by atoms with Crippen molar-refractivity contribution in [3.63, 3.8) is 0 Å². The van der Waals surface area contributed by atoms with Crippen LogP contribution in [0.1, 0.15) is 5.56 Å². The lowest BCUT2D eigenvalue weighted by Crippen LogP contribution is -2.42. The molecule has 0 saturated heterocycles. The summed E-state index contributed by atoms with van der Waals surface area (Å²) in [4.78, 5) is 43.1. The fraction of sp³-hybridized carbons (Fsp3) is 0.130. The maximum absolute atomic E-state index is 13.2. The Balaban J connectivity index is 1.50. The van der Waals surface area contributed by atoms with Crippen LogP contribution in [0.25, 0.3) is 11.0 Å². The topological polar surface area (TPSA) is 104 Å². The Morgan fingerprint density at radius 1 is 1.03 bits per heavy atom. The number of benzene rings is 2. The van der Waals surface area contributed by atoms with Gasteiger partial charge in [-0.3, -0.25) is 18.7 Å². The smallest absolute Gasteiger partial charge is 0.332 e. The molecule has 1 N–H and O–H groups in total. The Morgan fingerprint density at radius 2 is 1.82 bits per heavy atom. The summed E-state index contributed by atoms with van der Waals surface area (Å²) in [6.07, 6.45) is 1.44. The SMILES string of the molecule is O=C(Cn1c(=O)n(Cc2ccc(F)cc2)c(=O)c2ncccc21)Nc1ccc2c(c1)OCO2. The summed E-state index contributed by atoms with van der Waals surface area (Å²) in [6, 6.07) is 13.6. The summed E-state index contributed by atoms with van der Waals surface area (Å²) in [6.45, 7) is -0.329. The number of carbonyl (C=O) groups is 1. The summed E-state index contributed by atoms with van der Waals surface area (Å²) < 4.78 is 26.0. The number of halogens is 1. The molecule has 0 unspecified atom stereocenters. The number of rotatable bonds is 5. The molecule has 0 radical (unpaired) electrons. The van der Waals surface area contributed by atoms with Gasteiger partial charge in [-0.1, -0.05) is 12.1 Å². The summed E-state index contributed by atoms with van der Waals surface area (Å²) in [5.41, 5.74) is 0.0541. The third kappa shape index (κ3) is 3.93. The maximum Gasteiger partial charge on any atom is 0.332 e. The van der Waals surface area contributed by atoms with E-state index >= 15 is 0 Å². The number of anilines is 1. The Morgan fingerprint density at radius 3 is 2.64 bits per heavy atom. The summed E-state index contributed by atoms with van der Waals surface area (Å²) in [7, 11) is 0. The number of hydrogen-bond acceptors (Lipinski definition) is 6. The lowest BCUT2D eigenvalue weighted by atomic mass is 10.2. The number of hydrogen-bond donors (Lipinski definition) is 1. The van der Waals surface area contributed by atoms with Crippen molar-refractivity contribution in [3.8, 4) is 11.5 Å². The van der Waals surface area contributed by atoms with Crippen molar-refractivity contribution in [3.05, 3.63) is 93.0 Å². The third-order valence-corrected chi connectivity index (χ3v) is 5.20. The molecule has 1 amide bonds. The van der Waals surface area contributed by atoms with Gasteiger partial charge in [-0.25, -0.2) is 14.2 Å². The van der Waals surface area contributed by atoms with E-state index in [0.717, 1.165) is 4.57 Å². The van der Waals surface area contributed by atoms with Crippen LogP contribution in [-0.4, -0.2) is 26.8 Å². The minimum Gasteiger partial charge on any atom is -0.454 e. The molecule has 9 nitrogen and oxygen atoms in total. The van der Waals surface area contributed by atoms with E-state index in [-0.39, 0.29) is 30.9 Å². The van der Waals surface area contributed by atoms with Crippen molar-refractivity contribution in [2.45, 2.75) is 13.1 Å². The van der Waals surface area contributed by atoms with E-state index in [4.69, 9.17) is 9.47 Å². The van der Waals surface area contributed by atoms with E-state index in [0.29, 0.717) is 22.7 Å². The normalized spacial score (nSPS) is 12.2. The molecule has 4 aromatic rings. The molecule has 1 aliphatic rings. The van der Waals surface area contributed by atoms with Gasteiger partial charge in [0.2, 0.25) is 12.7 Å². The lowest BCUT2D eigenvalue weighted by molar-refractivity contribution is -0.116. The summed E-state index contributed by atoms with van der Waals surface area (Å²) in [5.74, 6) is 0.179. The molecule has 0 aliphatic carbocycles. The zero-order chi connectivity index (χ0) is 22.9. The molecule has 0 fully saturated rings. The molecule has 10 heteroatoms. The first kappa shape index (κ1) is 20.4. The minimum absolute atomic E-state index is 0.0510. The largest absolute Gasteiger partial charge is 0.454 e. The number of nitrogens with zero attached hydrogens (tertiary/aromatic N) is 3. The van der Waals surface area contributed by atoms with Crippen molar-refractivity contribution in [1.29, 1.82) is 0 Å². The highest BCUT2D eigenvalue weighted by Gasteiger charge is 2.18. The van der Waals surface area contributed by atoms with E-state index < -0.39 is 23.0 Å². The fourth-order valence-electron chi connectivity index (χ4n) is 3.63. The molecule has 3 heterocycles. The van der Waals surface area contributed by atoms with Crippen LogP contribution >= 0.6 is 0 Å². The molecule has 5 rings (SSSR count). The van der Waals surface area contributed by atoms with Crippen molar-refractivity contribution in [2.24, 2.45) is 0 Å². The van der Waals surface area contributed by atoms with Crippen molar-refractivity contribution in [2.75, 3.05) is 12.1 Å². The first-order chi connectivity index (χ1) is 16.0. The van der Waals surface area contributed by atoms with Gasteiger partial charge >= 0.3 is 5.69 Å². The van der Waals surface area contributed by atoms with Crippen molar-refractivity contribution < 1.29 is 18.7 Å². The summed E-state index contributed by atoms with van der Waals surface area (Å²) >= 11 is 0. The third-order valence-electron chi connectivity index (χ3n) is 5.20. The fourth-order valence-corrected chi connectivity index (χ4v) is 3.63. The van der Waals surface area contributed by atoms with Gasteiger partial charge in [0, 0.05) is 18.0 Å². The number of aromatic nitrogens is 3. The van der Waals surface area contributed by atoms with Gasteiger partial charge in [-0.05, 0) is 42.0 Å². The number of carbonyl (C=O) groups excluding carboxylic acids is 1. The van der Waals surface area contributed by atoms with Crippen LogP contribution < -0.4 is 26.0 Å². The van der Waals surface area contributed by atoms with Crippen LogP contribution in [0.15, 0.2) is 70.4 Å². The Kier molecular flexibility index (Phi) is 5.09. The maximum atomic E-state index is 13.2. The average Bonchev–Trinajstić information content (AvgIpc) is 3.29. The van der Waals surface area contributed by atoms with Gasteiger partial charge in [0.15, 0.2) is 17.0 Å². The molecular formula is C23H17FN4O5. The standard InChI is InChI=1S/C23H17FN4O5/c24-15-5-3-14(4-6-15)11-28-22(30)21-17(2-1-9-25-21)27(23(28)31)12-20(29)26-16-7-8-18-19(10-16)33-13-32-18/h1-10H,11-13H2,(H,26,29). The predicted molar refractivity (Wildman–Crippen MR) is 117 cm³/mol. The number of pyridine rings is 1. The average molecular weight is 448 g/mol. The highest BCUT2D eigenvalue weighted by molar-refractivity contribution is 5.91. The molecule has 0 spiro atoms. The molecule has 0 bridgehead atoms. The number of amides is 1. The van der Waals surface area contributed by atoms with Crippen LogP contribution in [0.4, 0.5) is 10.1 Å². The van der Waals surface area contributed by atoms with E-state index in [1.54, 1.807) is 30.3 Å². The van der Waals surface area contributed by atoms with Crippen LogP contribution in [0.2, 0.25) is 0 Å². The van der Waals surface area contributed by atoms with Crippen molar-refractivity contribution >= 4 is 22.6 Å². The van der Waals surface area contributed by atoms with Crippen LogP contribution in [0.5, 0.6) is 11.5 Å². The van der Waals surface area contributed by atoms with Crippen molar-refractivity contribution in [1.82, 2.24) is 14.1 Å². The van der Waals surface area contributed by atoms with Crippen LogP contribution in [0, 0.1) is 5.82 Å². The molecule has 1 aliphatic heterocycles. The molecule has 0 atom stereocenters. The molecule has 166 valence electrons. The van der Waals surface area contributed by atoms with E-state index in [1.807, 2.05) is 0 Å². The molecule has 2 aromatic heterocycles. The second-order valence-electron chi connectivity index (χ2n) is 7.37. The first-order valence-electron chi connectivity index (χ1n) is 10.0. The zero-order valence-corrected chi connectivity index (χ0v) is 17.2. The van der Waals surface area contributed by atoms with Crippen LogP contribution in [-0.2, 0) is 17.9 Å². The lowest BCUT2D eigenvalue weighted by Gasteiger charge is -2.14.